The molecule has 2 unspecified atom stereocenters. The van der Waals surface area contributed by atoms with Crippen LogP contribution in [0.4, 0.5) is 14.6 Å². The molecule has 4 heterocycles. The lowest BCUT2D eigenvalue weighted by atomic mass is 10.0. The van der Waals surface area contributed by atoms with Gasteiger partial charge in [-0.3, -0.25) is 9.36 Å². The van der Waals surface area contributed by atoms with Crippen molar-refractivity contribution in [1.82, 2.24) is 24.8 Å². The normalized spacial score (nSPS) is 21.9. The van der Waals surface area contributed by atoms with Gasteiger partial charge in [-0.2, -0.15) is 4.98 Å². The Hall–Kier alpha value is -4.62. The zero-order valence-corrected chi connectivity index (χ0v) is 26.2. The van der Waals surface area contributed by atoms with Crippen molar-refractivity contribution in [2.75, 3.05) is 31.1 Å². The number of benzene rings is 1. The van der Waals surface area contributed by atoms with Crippen LogP contribution in [-0.4, -0.2) is 86.1 Å². The van der Waals surface area contributed by atoms with Crippen molar-refractivity contribution in [2.45, 2.75) is 52.0 Å². The van der Waals surface area contributed by atoms with Gasteiger partial charge < -0.3 is 30.1 Å². The Balaban J connectivity index is 1.77. The first kappa shape index (κ1) is 32.8. The zero-order valence-electron chi connectivity index (χ0n) is 26.2. The molecule has 46 heavy (non-hydrogen) atoms. The molecule has 4 atom stereocenters. The molecular weight excluding hydrogens is 598 g/mol. The number of nitrogens with one attached hydrogen (secondary N) is 1. The Morgan fingerprint density at radius 1 is 1.17 bits per heavy atom. The Morgan fingerprint density at radius 3 is 2.65 bits per heavy atom. The highest BCUT2D eigenvalue weighted by Gasteiger charge is 2.34. The molecule has 13 heteroatoms. The van der Waals surface area contributed by atoms with E-state index in [1.54, 1.807) is 11.1 Å². The van der Waals surface area contributed by atoms with E-state index >= 15 is 8.78 Å². The molecule has 1 saturated heterocycles. The molecule has 0 saturated carbocycles. The molecule has 244 valence electrons. The summed E-state index contributed by atoms with van der Waals surface area (Å²) in [6, 6.07) is 4.42. The van der Waals surface area contributed by atoms with Crippen LogP contribution in [0.25, 0.3) is 28.5 Å². The van der Waals surface area contributed by atoms with Crippen LogP contribution in [0.5, 0.6) is 5.75 Å². The number of amides is 1. The Kier molecular flexibility index (Phi) is 9.54. The topological polar surface area (TPSA) is 133 Å². The Bertz CT molecular complexity index is 1770. The van der Waals surface area contributed by atoms with Gasteiger partial charge in [0.2, 0.25) is 5.91 Å². The SMILES string of the molecule is C=CC(=O)N1C[C@H](C)N(c2nc(=O)n3c4nc(c(F)cc24)-c2c(F)cccc2OCC(O)C(O)C(/C=C\NCC(C)C)=C3)C[C@H]1C. The van der Waals surface area contributed by atoms with Crippen molar-refractivity contribution >= 4 is 29.0 Å². The van der Waals surface area contributed by atoms with Crippen LogP contribution >= 0.6 is 0 Å². The fourth-order valence-corrected chi connectivity index (χ4v) is 5.65. The molecule has 0 aliphatic carbocycles. The van der Waals surface area contributed by atoms with Crippen LogP contribution in [-0.2, 0) is 4.79 Å². The molecule has 1 amide bonds. The second kappa shape index (κ2) is 13.4. The number of hydrogen-bond donors (Lipinski definition) is 3. The summed E-state index contributed by atoms with van der Waals surface area (Å²) in [5.74, 6) is -1.60. The van der Waals surface area contributed by atoms with Gasteiger partial charge in [-0.05, 0) is 56.3 Å². The molecule has 3 aromatic rings. The largest absolute Gasteiger partial charge is 0.490 e. The highest BCUT2D eigenvalue weighted by Crippen LogP contribution is 2.37. The molecule has 5 rings (SSSR count). The van der Waals surface area contributed by atoms with E-state index in [9.17, 15) is 19.8 Å². The van der Waals surface area contributed by atoms with Crippen LogP contribution in [0.1, 0.15) is 27.7 Å². The second-order valence-electron chi connectivity index (χ2n) is 12.0. The van der Waals surface area contributed by atoms with Crippen molar-refractivity contribution in [3.05, 3.63) is 76.9 Å². The molecule has 3 N–H and O–H groups in total. The predicted octanol–water partition coefficient (Wildman–Crippen LogP) is 3.06. The summed E-state index contributed by atoms with van der Waals surface area (Å²) in [5, 5.41) is 25.3. The van der Waals surface area contributed by atoms with Crippen LogP contribution in [0.2, 0.25) is 0 Å². The van der Waals surface area contributed by atoms with Gasteiger partial charge in [0.1, 0.15) is 41.9 Å². The van der Waals surface area contributed by atoms with E-state index in [0.29, 0.717) is 19.0 Å². The van der Waals surface area contributed by atoms with Gasteiger partial charge in [-0.15, -0.1) is 0 Å². The lowest BCUT2D eigenvalue weighted by Gasteiger charge is -2.44. The number of carbonyl (C=O) groups excluding carboxylic acids is 1. The van der Waals surface area contributed by atoms with Crippen molar-refractivity contribution < 1.29 is 28.5 Å². The molecule has 1 aromatic carbocycles. The number of aliphatic hydroxyl groups is 2. The summed E-state index contributed by atoms with van der Waals surface area (Å²) in [7, 11) is 0. The molecule has 1 fully saturated rings. The maximum Gasteiger partial charge on any atom is 0.355 e. The number of rotatable bonds is 6. The van der Waals surface area contributed by atoms with Gasteiger partial charge >= 0.3 is 5.69 Å². The smallest absolute Gasteiger partial charge is 0.355 e. The van der Waals surface area contributed by atoms with Gasteiger partial charge in [0, 0.05) is 43.5 Å². The molecule has 0 radical (unpaired) electrons. The van der Waals surface area contributed by atoms with Gasteiger partial charge in [0.15, 0.2) is 11.5 Å². The zero-order chi connectivity index (χ0) is 33.3. The number of anilines is 1. The third-order valence-corrected chi connectivity index (χ3v) is 8.07. The minimum absolute atomic E-state index is 0.0617. The maximum atomic E-state index is 16.1. The number of fused-ring (bicyclic) bond motifs is 3. The fraction of sp³-hybridized carbons (Fsp3) is 0.394. The van der Waals surface area contributed by atoms with E-state index in [2.05, 4.69) is 21.9 Å². The number of ether oxygens (including phenoxy) is 1. The number of piperazine rings is 1. The summed E-state index contributed by atoms with van der Waals surface area (Å²) in [6.45, 7) is 12.0. The quantitative estimate of drug-likeness (QED) is 0.349. The van der Waals surface area contributed by atoms with Crippen LogP contribution in [0.3, 0.4) is 0 Å². The molecule has 0 spiro atoms. The van der Waals surface area contributed by atoms with Gasteiger partial charge in [0.25, 0.3) is 0 Å². The lowest BCUT2D eigenvalue weighted by Crippen LogP contribution is -2.58. The summed E-state index contributed by atoms with van der Waals surface area (Å²) in [5.41, 5.74) is -1.47. The highest BCUT2D eigenvalue weighted by molar-refractivity contribution is 5.91. The van der Waals surface area contributed by atoms with Crippen molar-refractivity contribution in [3.63, 3.8) is 0 Å². The first-order valence-corrected chi connectivity index (χ1v) is 15.1. The summed E-state index contributed by atoms with van der Waals surface area (Å²) in [4.78, 5) is 38.6. The fourth-order valence-electron chi connectivity index (χ4n) is 5.65. The van der Waals surface area contributed by atoms with E-state index in [1.165, 1.54) is 30.5 Å². The molecular formula is C33H38F2N6O5. The summed E-state index contributed by atoms with van der Waals surface area (Å²) in [6.07, 6.45) is 2.54. The van der Waals surface area contributed by atoms with E-state index in [4.69, 9.17) is 4.74 Å². The van der Waals surface area contributed by atoms with Gasteiger partial charge in [-0.25, -0.2) is 18.6 Å². The van der Waals surface area contributed by atoms with E-state index in [-0.39, 0.29) is 58.3 Å². The van der Waals surface area contributed by atoms with Crippen LogP contribution in [0, 0.1) is 17.6 Å². The van der Waals surface area contributed by atoms with Crippen molar-refractivity contribution in [1.29, 1.82) is 0 Å². The molecule has 2 aliphatic heterocycles. The Labute approximate surface area is 265 Å². The lowest BCUT2D eigenvalue weighted by molar-refractivity contribution is -0.128. The minimum atomic E-state index is -1.55. The third kappa shape index (κ3) is 6.38. The number of halogens is 2. The predicted molar refractivity (Wildman–Crippen MR) is 171 cm³/mol. The van der Waals surface area contributed by atoms with Gasteiger partial charge in [-0.1, -0.05) is 26.5 Å². The molecule has 2 aromatic heterocycles. The average molecular weight is 637 g/mol. The molecule has 2 aliphatic rings. The van der Waals surface area contributed by atoms with Crippen molar-refractivity contribution in [2.24, 2.45) is 5.92 Å². The number of pyridine rings is 1. The number of aliphatic hydroxyl groups excluding tert-OH is 2. The van der Waals surface area contributed by atoms with Crippen LogP contribution in [0.15, 0.2) is 59.6 Å². The summed E-state index contributed by atoms with van der Waals surface area (Å²) >= 11 is 0. The van der Waals surface area contributed by atoms with Gasteiger partial charge in [0.05, 0.1) is 10.9 Å². The maximum absolute atomic E-state index is 16.1. The van der Waals surface area contributed by atoms with Crippen molar-refractivity contribution in [3.8, 4) is 17.0 Å². The first-order valence-electron chi connectivity index (χ1n) is 15.1. The summed E-state index contributed by atoms with van der Waals surface area (Å²) < 4.78 is 38.1. The second-order valence-corrected chi connectivity index (χ2v) is 12.0. The van der Waals surface area contributed by atoms with E-state index in [1.807, 2.05) is 32.6 Å². The highest BCUT2D eigenvalue weighted by atomic mass is 19.1. The third-order valence-electron chi connectivity index (χ3n) is 8.07. The molecule has 11 nitrogen and oxygen atoms in total. The average Bonchev–Trinajstić information content (AvgIpc) is 3.01. The minimum Gasteiger partial charge on any atom is -0.490 e. The Morgan fingerprint density at radius 2 is 1.93 bits per heavy atom. The van der Waals surface area contributed by atoms with Crippen LogP contribution < -0.4 is 20.6 Å². The monoisotopic (exact) mass is 636 g/mol. The number of hydrogen-bond acceptors (Lipinski definition) is 9. The first-order chi connectivity index (χ1) is 21.9. The van der Waals surface area contributed by atoms with E-state index < -0.39 is 41.8 Å². The standard InChI is InChI=1S/C33H38F2N6O5/c1-6-27(43)39-14-20(5)40(15-19(39)4)32-22-12-24(35)29-28-23(34)8-7-9-26(28)46-17-25(42)30(44)21(10-11-36-13-18(2)3)16-41(31(22)37-29)33(45)38-32/h6-12,16,18-20,25,30,36,42,44H,1,13-15,17H2,2-5H3/b11-10-,21-16?/t19-,20+,25?,30?/m1/s1. The van der Waals surface area contributed by atoms with E-state index in [0.717, 1.165) is 16.7 Å². The number of carbonyl (C=O) groups is 1. The molecule has 2 bridgehead atoms. The number of nitrogens with zero attached hydrogens (tertiary/aromatic N) is 5. The number of aromatic nitrogens is 3.